The number of hydrogen-bond acceptors (Lipinski definition) is 2. The molecule has 1 aliphatic carbocycles. The van der Waals surface area contributed by atoms with Crippen LogP contribution in [0.2, 0.25) is 0 Å². The first kappa shape index (κ1) is 7.56. The first-order valence-electron chi connectivity index (χ1n) is 4.61. The van der Waals surface area contributed by atoms with Gasteiger partial charge in [-0.15, -0.1) is 0 Å². The van der Waals surface area contributed by atoms with Crippen molar-refractivity contribution in [3.05, 3.63) is 0 Å². The van der Waals surface area contributed by atoms with E-state index in [1.807, 2.05) is 0 Å². The maximum Gasteiger partial charge on any atom is 0.124 e. The Morgan fingerprint density at radius 1 is 1.55 bits per heavy atom. The topological polar surface area (TPSA) is 12.5 Å². The number of nitrogens with zero attached hydrogens (tertiary/aromatic N) is 1. The summed E-state index contributed by atoms with van der Waals surface area (Å²) in [4.78, 5) is 2.39. The molecule has 0 aromatic carbocycles. The molecule has 1 spiro atoms. The molecule has 2 aliphatic rings. The largest absolute Gasteiger partial charge is 0.359 e. The van der Waals surface area contributed by atoms with Crippen LogP contribution >= 0.6 is 0 Å². The van der Waals surface area contributed by atoms with Gasteiger partial charge in [-0.05, 0) is 32.2 Å². The molecule has 2 rings (SSSR count). The highest BCUT2D eigenvalue weighted by molar-refractivity contribution is 4.93. The predicted octanol–water partition coefficient (Wildman–Crippen LogP) is 1.46. The van der Waals surface area contributed by atoms with Gasteiger partial charge in [0.1, 0.15) is 5.72 Å². The Hall–Kier alpha value is -0.0800. The van der Waals surface area contributed by atoms with Gasteiger partial charge in [-0.1, -0.05) is 6.92 Å². The first-order chi connectivity index (χ1) is 5.26. The van der Waals surface area contributed by atoms with Gasteiger partial charge in [-0.3, -0.25) is 4.90 Å². The molecule has 1 heterocycles. The smallest absolute Gasteiger partial charge is 0.124 e. The molecular formula is C9H17NO. The highest BCUT2D eigenvalue weighted by atomic mass is 16.5. The summed E-state index contributed by atoms with van der Waals surface area (Å²) in [6.45, 7) is 4.36. The number of likely N-dealkylation sites (N-methyl/N-ethyl adjacent to an activating group) is 1. The van der Waals surface area contributed by atoms with Crippen molar-refractivity contribution in [2.24, 2.45) is 5.92 Å². The van der Waals surface area contributed by atoms with Crippen molar-refractivity contribution in [3.63, 3.8) is 0 Å². The molecule has 2 atom stereocenters. The van der Waals surface area contributed by atoms with Gasteiger partial charge in [-0.25, -0.2) is 0 Å². The molecule has 2 heteroatoms. The lowest BCUT2D eigenvalue weighted by Gasteiger charge is -2.34. The summed E-state index contributed by atoms with van der Waals surface area (Å²) in [6, 6.07) is 0. The van der Waals surface area contributed by atoms with Crippen LogP contribution in [0.15, 0.2) is 0 Å². The van der Waals surface area contributed by atoms with E-state index in [0.717, 1.165) is 19.1 Å². The average Bonchev–Trinajstić information content (AvgIpc) is 2.48. The second kappa shape index (κ2) is 2.46. The Bertz CT molecular complexity index is 140. The minimum atomic E-state index is 0.139. The summed E-state index contributed by atoms with van der Waals surface area (Å²) in [5.41, 5.74) is 0.139. The van der Waals surface area contributed by atoms with Crippen LogP contribution in [0.3, 0.4) is 0 Å². The minimum absolute atomic E-state index is 0.139. The lowest BCUT2D eigenvalue weighted by Crippen LogP contribution is -2.44. The fourth-order valence-electron chi connectivity index (χ4n) is 2.57. The zero-order chi connectivity index (χ0) is 7.90. The lowest BCUT2D eigenvalue weighted by atomic mass is 10.0. The molecule has 0 N–H and O–H groups in total. The van der Waals surface area contributed by atoms with Crippen molar-refractivity contribution in [1.82, 2.24) is 4.90 Å². The van der Waals surface area contributed by atoms with Crippen molar-refractivity contribution in [1.29, 1.82) is 0 Å². The molecular weight excluding hydrogens is 138 g/mol. The SMILES string of the molecule is CC1CCCC12OCCN2C. The molecule has 1 saturated carbocycles. The Labute approximate surface area is 68.5 Å². The fraction of sp³-hybridized carbons (Fsp3) is 1.00. The number of hydrogen-bond donors (Lipinski definition) is 0. The van der Waals surface area contributed by atoms with E-state index in [4.69, 9.17) is 4.74 Å². The second-order valence-corrected chi connectivity index (χ2v) is 3.91. The Morgan fingerprint density at radius 3 is 2.82 bits per heavy atom. The van der Waals surface area contributed by atoms with E-state index in [2.05, 4.69) is 18.9 Å². The van der Waals surface area contributed by atoms with Crippen LogP contribution < -0.4 is 0 Å². The van der Waals surface area contributed by atoms with Gasteiger partial charge in [0.05, 0.1) is 6.61 Å². The molecule has 2 fully saturated rings. The zero-order valence-electron chi connectivity index (χ0n) is 7.47. The summed E-state index contributed by atoms with van der Waals surface area (Å²) < 4.78 is 5.85. The third-order valence-electron chi connectivity index (χ3n) is 3.37. The average molecular weight is 155 g/mol. The van der Waals surface area contributed by atoms with Gasteiger partial charge in [0.25, 0.3) is 0 Å². The maximum absolute atomic E-state index is 5.85. The highest BCUT2D eigenvalue weighted by Gasteiger charge is 2.47. The van der Waals surface area contributed by atoms with Crippen LogP contribution in [0, 0.1) is 5.92 Å². The van der Waals surface area contributed by atoms with Crippen molar-refractivity contribution < 1.29 is 4.74 Å². The Balaban J connectivity index is 2.19. The molecule has 64 valence electrons. The fourth-order valence-corrected chi connectivity index (χ4v) is 2.57. The van der Waals surface area contributed by atoms with Crippen molar-refractivity contribution in [2.75, 3.05) is 20.2 Å². The summed E-state index contributed by atoms with van der Waals surface area (Å²) in [6.07, 6.45) is 3.92. The van der Waals surface area contributed by atoms with Crippen LogP contribution in [0.4, 0.5) is 0 Å². The molecule has 1 saturated heterocycles. The quantitative estimate of drug-likeness (QED) is 0.525. The summed E-state index contributed by atoms with van der Waals surface area (Å²) in [5.74, 6) is 0.731. The van der Waals surface area contributed by atoms with Crippen LogP contribution in [0.5, 0.6) is 0 Å². The Kier molecular flexibility index (Phi) is 1.69. The van der Waals surface area contributed by atoms with E-state index < -0.39 is 0 Å². The molecule has 0 bridgehead atoms. The van der Waals surface area contributed by atoms with E-state index in [-0.39, 0.29) is 5.72 Å². The van der Waals surface area contributed by atoms with E-state index in [9.17, 15) is 0 Å². The van der Waals surface area contributed by atoms with Gasteiger partial charge in [-0.2, -0.15) is 0 Å². The molecule has 0 aromatic rings. The maximum atomic E-state index is 5.85. The third-order valence-corrected chi connectivity index (χ3v) is 3.37. The molecule has 2 unspecified atom stereocenters. The molecule has 0 aromatic heterocycles. The first-order valence-corrected chi connectivity index (χ1v) is 4.61. The predicted molar refractivity (Wildman–Crippen MR) is 44.3 cm³/mol. The van der Waals surface area contributed by atoms with Crippen molar-refractivity contribution >= 4 is 0 Å². The van der Waals surface area contributed by atoms with Crippen molar-refractivity contribution in [3.8, 4) is 0 Å². The zero-order valence-corrected chi connectivity index (χ0v) is 7.47. The molecule has 1 aliphatic heterocycles. The van der Waals surface area contributed by atoms with Gasteiger partial charge in [0.15, 0.2) is 0 Å². The number of ether oxygens (including phenoxy) is 1. The Morgan fingerprint density at radius 2 is 2.36 bits per heavy atom. The van der Waals surface area contributed by atoms with Gasteiger partial charge in [0, 0.05) is 6.54 Å². The normalized spacial score (nSPS) is 45.8. The van der Waals surface area contributed by atoms with Crippen LogP contribution in [-0.2, 0) is 4.74 Å². The molecule has 0 radical (unpaired) electrons. The van der Waals surface area contributed by atoms with E-state index >= 15 is 0 Å². The number of rotatable bonds is 0. The van der Waals surface area contributed by atoms with Crippen molar-refractivity contribution in [2.45, 2.75) is 31.9 Å². The molecule has 11 heavy (non-hydrogen) atoms. The van der Waals surface area contributed by atoms with Crippen LogP contribution in [0.25, 0.3) is 0 Å². The summed E-state index contributed by atoms with van der Waals surface area (Å²) in [5, 5.41) is 0. The summed E-state index contributed by atoms with van der Waals surface area (Å²) >= 11 is 0. The van der Waals surface area contributed by atoms with E-state index in [1.165, 1.54) is 19.3 Å². The van der Waals surface area contributed by atoms with Crippen LogP contribution in [0.1, 0.15) is 26.2 Å². The monoisotopic (exact) mass is 155 g/mol. The second-order valence-electron chi connectivity index (χ2n) is 3.91. The standard InChI is InChI=1S/C9H17NO/c1-8-4-3-5-9(8)10(2)6-7-11-9/h8H,3-7H2,1-2H3. The van der Waals surface area contributed by atoms with Gasteiger partial charge < -0.3 is 4.74 Å². The van der Waals surface area contributed by atoms with Gasteiger partial charge in [0.2, 0.25) is 0 Å². The van der Waals surface area contributed by atoms with Crippen LogP contribution in [-0.4, -0.2) is 30.8 Å². The lowest BCUT2D eigenvalue weighted by molar-refractivity contribution is -0.0958. The van der Waals surface area contributed by atoms with E-state index in [1.54, 1.807) is 0 Å². The molecule has 2 nitrogen and oxygen atoms in total. The highest BCUT2D eigenvalue weighted by Crippen LogP contribution is 2.42. The minimum Gasteiger partial charge on any atom is -0.359 e. The van der Waals surface area contributed by atoms with E-state index in [0.29, 0.717) is 0 Å². The van der Waals surface area contributed by atoms with Gasteiger partial charge >= 0.3 is 0 Å². The molecule has 0 amide bonds. The summed E-state index contributed by atoms with van der Waals surface area (Å²) in [7, 11) is 2.19. The third kappa shape index (κ3) is 0.926.